The summed E-state index contributed by atoms with van der Waals surface area (Å²) < 4.78 is 17.1. The Morgan fingerprint density at radius 1 is 1.14 bits per heavy atom. The Kier molecular flexibility index (Phi) is 6.16. The van der Waals surface area contributed by atoms with Gasteiger partial charge in [-0.25, -0.2) is 4.98 Å². The molecule has 0 saturated carbocycles. The van der Waals surface area contributed by atoms with Crippen molar-refractivity contribution in [2.24, 2.45) is 0 Å². The minimum atomic E-state index is -0.0896. The lowest BCUT2D eigenvalue weighted by molar-refractivity contribution is -0.117. The van der Waals surface area contributed by atoms with E-state index in [-0.39, 0.29) is 12.3 Å². The molecule has 28 heavy (non-hydrogen) atoms. The highest BCUT2D eigenvalue weighted by molar-refractivity contribution is 7.22. The van der Waals surface area contributed by atoms with Crippen molar-refractivity contribution in [3.63, 3.8) is 0 Å². The van der Waals surface area contributed by atoms with Gasteiger partial charge in [0.05, 0.1) is 38.0 Å². The van der Waals surface area contributed by atoms with Gasteiger partial charge >= 0.3 is 0 Å². The van der Waals surface area contributed by atoms with Crippen LogP contribution in [0.25, 0.3) is 10.2 Å². The molecule has 0 fully saturated rings. The number of benzene rings is 2. The number of fused-ring (bicyclic) bond motifs is 1. The van der Waals surface area contributed by atoms with Crippen LogP contribution < -0.4 is 19.1 Å². The van der Waals surface area contributed by atoms with Crippen LogP contribution in [0.5, 0.6) is 17.2 Å². The molecule has 0 aliphatic heterocycles. The number of rotatable bonds is 8. The van der Waals surface area contributed by atoms with Crippen molar-refractivity contribution in [3.05, 3.63) is 54.6 Å². The van der Waals surface area contributed by atoms with Crippen LogP contribution in [0.15, 0.2) is 49.1 Å². The highest BCUT2D eigenvalue weighted by Crippen LogP contribution is 2.38. The summed E-state index contributed by atoms with van der Waals surface area (Å²) in [7, 11) is 4.65. The zero-order valence-electron chi connectivity index (χ0n) is 16.1. The summed E-state index contributed by atoms with van der Waals surface area (Å²) in [6.07, 6.45) is 1.86. The Morgan fingerprint density at radius 2 is 1.82 bits per heavy atom. The van der Waals surface area contributed by atoms with E-state index in [1.165, 1.54) is 11.3 Å². The van der Waals surface area contributed by atoms with Gasteiger partial charge in [-0.05, 0) is 29.8 Å². The minimum absolute atomic E-state index is 0.0896. The lowest BCUT2D eigenvalue weighted by Crippen LogP contribution is -2.32. The minimum Gasteiger partial charge on any atom is -0.493 e. The first-order valence-corrected chi connectivity index (χ1v) is 9.48. The van der Waals surface area contributed by atoms with Gasteiger partial charge in [-0.1, -0.05) is 29.5 Å². The normalized spacial score (nSPS) is 10.5. The molecule has 0 spiro atoms. The Morgan fingerprint density at radius 3 is 2.39 bits per heavy atom. The predicted octanol–water partition coefficient (Wildman–Crippen LogP) is 4.08. The first-order valence-electron chi connectivity index (χ1n) is 8.67. The van der Waals surface area contributed by atoms with Crippen LogP contribution >= 0.6 is 11.3 Å². The molecule has 3 aromatic rings. The van der Waals surface area contributed by atoms with Crippen molar-refractivity contribution in [1.29, 1.82) is 0 Å². The van der Waals surface area contributed by atoms with Crippen molar-refractivity contribution in [2.45, 2.75) is 6.42 Å². The van der Waals surface area contributed by atoms with Gasteiger partial charge in [0.2, 0.25) is 11.7 Å². The van der Waals surface area contributed by atoms with E-state index in [0.29, 0.717) is 28.9 Å². The maximum absolute atomic E-state index is 13.1. The average Bonchev–Trinajstić information content (AvgIpc) is 3.14. The number of para-hydroxylation sites is 1. The number of anilines is 1. The van der Waals surface area contributed by atoms with Gasteiger partial charge in [-0.2, -0.15) is 0 Å². The lowest BCUT2D eigenvalue weighted by atomic mass is 10.1. The first kappa shape index (κ1) is 19.7. The molecule has 0 bridgehead atoms. The molecule has 0 N–H and O–H groups in total. The Hall–Kier alpha value is -3.06. The maximum Gasteiger partial charge on any atom is 0.233 e. The molecule has 0 radical (unpaired) electrons. The number of aromatic nitrogens is 1. The second kappa shape index (κ2) is 8.75. The molecule has 0 saturated heterocycles. The van der Waals surface area contributed by atoms with Crippen molar-refractivity contribution in [2.75, 3.05) is 32.8 Å². The van der Waals surface area contributed by atoms with E-state index >= 15 is 0 Å². The molecule has 1 heterocycles. The van der Waals surface area contributed by atoms with Gasteiger partial charge < -0.3 is 14.2 Å². The Balaban J connectivity index is 1.91. The molecule has 0 unspecified atom stereocenters. The third-order valence-electron chi connectivity index (χ3n) is 4.21. The molecule has 3 rings (SSSR count). The monoisotopic (exact) mass is 398 g/mol. The van der Waals surface area contributed by atoms with Crippen molar-refractivity contribution in [1.82, 2.24) is 4.98 Å². The maximum atomic E-state index is 13.1. The van der Waals surface area contributed by atoms with Crippen molar-refractivity contribution < 1.29 is 19.0 Å². The van der Waals surface area contributed by atoms with Crippen LogP contribution in [0, 0.1) is 0 Å². The van der Waals surface area contributed by atoms with Gasteiger partial charge in [0.15, 0.2) is 16.6 Å². The van der Waals surface area contributed by atoms with Gasteiger partial charge in [0.25, 0.3) is 0 Å². The van der Waals surface area contributed by atoms with Gasteiger partial charge in [0.1, 0.15) is 0 Å². The molecule has 1 amide bonds. The molecule has 146 valence electrons. The SMILES string of the molecule is C=CCN(C(=O)Cc1cc(OC)c(OC)c(OC)c1)c1nc2ccccc2s1. The Labute approximate surface area is 168 Å². The standard InChI is InChI=1S/C21H22N2O4S/c1-5-10-23(21-22-15-8-6-7-9-18(15)28-21)19(24)13-14-11-16(25-2)20(27-4)17(12-14)26-3/h5-9,11-12H,1,10,13H2,2-4H3. The van der Waals surface area contributed by atoms with E-state index in [1.807, 2.05) is 24.3 Å². The molecular formula is C21H22N2O4S. The van der Waals surface area contributed by atoms with Crippen LogP contribution in [0.4, 0.5) is 5.13 Å². The molecule has 7 heteroatoms. The summed E-state index contributed by atoms with van der Waals surface area (Å²) in [5.41, 5.74) is 1.63. The first-order chi connectivity index (χ1) is 13.6. The van der Waals surface area contributed by atoms with Crippen LogP contribution in [0.1, 0.15) is 5.56 Å². The fraction of sp³-hybridized carbons (Fsp3) is 0.238. The summed E-state index contributed by atoms with van der Waals surface area (Å²) in [4.78, 5) is 19.3. The number of hydrogen-bond acceptors (Lipinski definition) is 6. The third-order valence-corrected chi connectivity index (χ3v) is 5.27. The molecule has 0 atom stereocenters. The van der Waals surface area contributed by atoms with Crippen LogP contribution in [0.3, 0.4) is 0 Å². The summed E-state index contributed by atoms with van der Waals surface area (Å²) >= 11 is 1.48. The smallest absolute Gasteiger partial charge is 0.233 e. The van der Waals surface area contributed by atoms with E-state index in [0.717, 1.165) is 15.8 Å². The number of carbonyl (C=O) groups excluding carboxylic acids is 1. The second-order valence-corrected chi connectivity index (χ2v) is 6.98. The summed E-state index contributed by atoms with van der Waals surface area (Å²) in [5.74, 6) is 1.43. The number of carbonyl (C=O) groups is 1. The molecule has 0 aliphatic rings. The number of ether oxygens (including phenoxy) is 3. The van der Waals surface area contributed by atoms with E-state index in [4.69, 9.17) is 14.2 Å². The summed E-state index contributed by atoms with van der Waals surface area (Å²) in [5, 5.41) is 0.651. The summed E-state index contributed by atoms with van der Waals surface area (Å²) in [6.45, 7) is 4.15. The van der Waals surface area contributed by atoms with Crippen molar-refractivity contribution in [3.8, 4) is 17.2 Å². The molecule has 0 aliphatic carbocycles. The largest absolute Gasteiger partial charge is 0.493 e. The lowest BCUT2D eigenvalue weighted by Gasteiger charge is -2.19. The van der Waals surface area contributed by atoms with Gasteiger partial charge in [0, 0.05) is 6.54 Å². The second-order valence-electron chi connectivity index (χ2n) is 5.97. The summed E-state index contributed by atoms with van der Waals surface area (Å²) in [6, 6.07) is 11.4. The number of nitrogens with zero attached hydrogens (tertiary/aromatic N) is 2. The Bertz CT molecular complexity index is 941. The average molecular weight is 398 g/mol. The molecular weight excluding hydrogens is 376 g/mol. The van der Waals surface area contributed by atoms with E-state index in [2.05, 4.69) is 11.6 Å². The van der Waals surface area contributed by atoms with E-state index in [9.17, 15) is 4.79 Å². The van der Waals surface area contributed by atoms with Crippen molar-refractivity contribution >= 4 is 32.6 Å². The topological polar surface area (TPSA) is 60.9 Å². The zero-order valence-corrected chi connectivity index (χ0v) is 16.9. The molecule has 1 aromatic heterocycles. The fourth-order valence-electron chi connectivity index (χ4n) is 2.90. The fourth-order valence-corrected chi connectivity index (χ4v) is 3.89. The quantitative estimate of drug-likeness (QED) is 0.535. The van der Waals surface area contributed by atoms with Crippen LogP contribution in [-0.4, -0.2) is 38.8 Å². The van der Waals surface area contributed by atoms with E-state index < -0.39 is 0 Å². The number of amides is 1. The predicted molar refractivity (Wildman–Crippen MR) is 112 cm³/mol. The number of thiazole rings is 1. The van der Waals surface area contributed by atoms with Gasteiger partial charge in [-0.15, -0.1) is 6.58 Å². The highest BCUT2D eigenvalue weighted by Gasteiger charge is 2.21. The van der Waals surface area contributed by atoms with E-state index in [1.54, 1.807) is 44.4 Å². The molecule has 6 nitrogen and oxygen atoms in total. The van der Waals surface area contributed by atoms with Crippen LogP contribution in [0.2, 0.25) is 0 Å². The number of hydrogen-bond donors (Lipinski definition) is 0. The highest BCUT2D eigenvalue weighted by atomic mass is 32.1. The molecule has 2 aromatic carbocycles. The third kappa shape index (κ3) is 3.94. The number of methoxy groups -OCH3 is 3. The van der Waals surface area contributed by atoms with Gasteiger partial charge in [-0.3, -0.25) is 9.69 Å². The van der Waals surface area contributed by atoms with Crippen LogP contribution in [-0.2, 0) is 11.2 Å². The zero-order chi connectivity index (χ0) is 20.1.